The van der Waals surface area contributed by atoms with E-state index in [0.29, 0.717) is 11.4 Å². The zero-order chi connectivity index (χ0) is 12.5. The van der Waals surface area contributed by atoms with Crippen molar-refractivity contribution in [1.29, 1.82) is 5.26 Å². The number of fused-ring (bicyclic) bond motifs is 1. The number of hydrogen-bond acceptors (Lipinski definition) is 3. The second-order valence-corrected chi connectivity index (χ2v) is 4.13. The van der Waals surface area contributed by atoms with Gasteiger partial charge < -0.3 is 0 Å². The molecule has 1 aromatic carbocycles. The third-order valence-corrected chi connectivity index (χ3v) is 2.75. The number of aromatic nitrogens is 3. The van der Waals surface area contributed by atoms with Gasteiger partial charge in [-0.15, -0.1) is 0 Å². The average Bonchev–Trinajstić information content (AvgIpc) is 2.83. The Labute approximate surface area is 104 Å². The minimum Gasteiger partial charge on any atom is -0.227 e. The molecule has 86 valence electrons. The quantitative estimate of drug-likeness (QED) is 0.650. The van der Waals surface area contributed by atoms with E-state index in [1.807, 2.05) is 43.5 Å². The Morgan fingerprint density at radius 3 is 2.83 bits per heavy atom. The molecule has 0 aliphatic heterocycles. The number of rotatable bonds is 1. The van der Waals surface area contributed by atoms with Crippen LogP contribution in [0.4, 0.5) is 0 Å². The van der Waals surface area contributed by atoms with Gasteiger partial charge in [0.25, 0.3) is 0 Å². The van der Waals surface area contributed by atoms with Gasteiger partial charge in [0.1, 0.15) is 6.07 Å². The molecule has 4 heteroatoms. The van der Waals surface area contributed by atoms with Gasteiger partial charge in [0, 0.05) is 11.6 Å². The summed E-state index contributed by atoms with van der Waals surface area (Å²) in [6, 6.07) is 11.8. The van der Waals surface area contributed by atoms with E-state index in [1.54, 1.807) is 10.9 Å². The van der Waals surface area contributed by atoms with Crippen LogP contribution in [0.5, 0.6) is 0 Å². The third-order valence-electron chi connectivity index (χ3n) is 2.75. The van der Waals surface area contributed by atoms with Crippen LogP contribution in [0.15, 0.2) is 42.7 Å². The first-order chi connectivity index (χ1) is 8.78. The largest absolute Gasteiger partial charge is 0.227 e. The maximum absolute atomic E-state index is 9.21. The Morgan fingerprint density at radius 2 is 2.11 bits per heavy atom. The Morgan fingerprint density at radius 1 is 1.28 bits per heavy atom. The Bertz CT molecular complexity index is 765. The number of benzene rings is 1. The molecule has 0 unspecified atom stereocenters. The maximum atomic E-state index is 9.21. The van der Waals surface area contributed by atoms with Crippen molar-refractivity contribution in [1.82, 2.24) is 14.8 Å². The van der Waals surface area contributed by atoms with Crippen LogP contribution < -0.4 is 0 Å². The molecule has 0 amide bonds. The molecule has 3 rings (SSSR count). The van der Waals surface area contributed by atoms with Gasteiger partial charge in [0.05, 0.1) is 17.3 Å². The van der Waals surface area contributed by atoms with Crippen LogP contribution in [-0.4, -0.2) is 14.8 Å². The summed E-state index contributed by atoms with van der Waals surface area (Å²) in [6.07, 6.45) is 3.61. The summed E-state index contributed by atoms with van der Waals surface area (Å²) in [6.45, 7) is 1.95. The molecular formula is C14H10N4. The van der Waals surface area contributed by atoms with Gasteiger partial charge >= 0.3 is 0 Å². The smallest absolute Gasteiger partial charge is 0.171 e. The lowest BCUT2D eigenvalue weighted by atomic mass is 10.1. The van der Waals surface area contributed by atoms with Crippen LogP contribution in [0.1, 0.15) is 11.1 Å². The molecule has 18 heavy (non-hydrogen) atoms. The maximum Gasteiger partial charge on any atom is 0.171 e. The third kappa shape index (κ3) is 1.62. The molecule has 0 N–H and O–H groups in total. The molecule has 0 saturated heterocycles. The lowest BCUT2D eigenvalue weighted by molar-refractivity contribution is 0.849. The van der Waals surface area contributed by atoms with Crippen LogP contribution in [0.3, 0.4) is 0 Å². The minimum absolute atomic E-state index is 0.525. The Kier molecular flexibility index (Phi) is 2.31. The van der Waals surface area contributed by atoms with Crippen molar-refractivity contribution in [3.05, 3.63) is 53.9 Å². The lowest BCUT2D eigenvalue weighted by Crippen LogP contribution is -2.01. The summed E-state index contributed by atoms with van der Waals surface area (Å²) in [5, 5.41) is 14.4. The van der Waals surface area contributed by atoms with E-state index < -0.39 is 0 Å². The van der Waals surface area contributed by atoms with Gasteiger partial charge in [-0.25, -0.2) is 9.67 Å². The highest BCUT2D eigenvalue weighted by molar-refractivity contribution is 5.81. The summed E-state index contributed by atoms with van der Waals surface area (Å²) in [7, 11) is 0. The molecule has 0 aliphatic rings. The number of para-hydroxylation sites is 1. The number of pyridine rings is 1. The fourth-order valence-electron chi connectivity index (χ4n) is 1.89. The van der Waals surface area contributed by atoms with Crippen molar-refractivity contribution in [3.63, 3.8) is 0 Å². The van der Waals surface area contributed by atoms with Gasteiger partial charge in [-0.2, -0.15) is 10.4 Å². The molecule has 0 radical (unpaired) electrons. The molecule has 0 bridgehead atoms. The van der Waals surface area contributed by atoms with Gasteiger partial charge in [-0.3, -0.25) is 0 Å². The summed E-state index contributed by atoms with van der Waals surface area (Å²) >= 11 is 0. The highest BCUT2D eigenvalue weighted by atomic mass is 15.3. The number of hydrogen-bond donors (Lipinski definition) is 0. The average molecular weight is 234 g/mol. The van der Waals surface area contributed by atoms with Crippen LogP contribution >= 0.6 is 0 Å². The second kappa shape index (κ2) is 3.97. The van der Waals surface area contributed by atoms with Gasteiger partial charge in [0.15, 0.2) is 5.82 Å². The Hall–Kier alpha value is -2.67. The highest BCUT2D eigenvalue weighted by Crippen LogP contribution is 2.18. The molecule has 3 aromatic rings. The number of nitriles is 1. The molecule has 0 saturated carbocycles. The molecule has 0 aliphatic carbocycles. The number of aryl methyl sites for hydroxylation is 1. The van der Waals surface area contributed by atoms with Crippen LogP contribution in [-0.2, 0) is 0 Å². The zero-order valence-electron chi connectivity index (χ0n) is 9.83. The fraction of sp³-hybridized carbons (Fsp3) is 0.0714. The summed E-state index contributed by atoms with van der Waals surface area (Å²) in [5.74, 6) is 0.573. The van der Waals surface area contributed by atoms with E-state index in [-0.39, 0.29) is 0 Å². The fourth-order valence-corrected chi connectivity index (χ4v) is 1.89. The first-order valence-electron chi connectivity index (χ1n) is 5.59. The normalized spacial score (nSPS) is 10.4. The lowest BCUT2D eigenvalue weighted by Gasteiger charge is -2.05. The zero-order valence-corrected chi connectivity index (χ0v) is 9.83. The van der Waals surface area contributed by atoms with Crippen molar-refractivity contribution in [2.75, 3.05) is 0 Å². The van der Waals surface area contributed by atoms with Crippen LogP contribution in [0.2, 0.25) is 0 Å². The topological polar surface area (TPSA) is 54.5 Å². The van der Waals surface area contributed by atoms with Crippen molar-refractivity contribution in [3.8, 4) is 11.9 Å². The van der Waals surface area contributed by atoms with E-state index >= 15 is 0 Å². The first kappa shape index (κ1) is 10.5. The molecule has 2 heterocycles. The van der Waals surface area contributed by atoms with Crippen molar-refractivity contribution >= 4 is 10.9 Å². The van der Waals surface area contributed by atoms with Crippen LogP contribution in [0.25, 0.3) is 16.7 Å². The standard InChI is InChI=1S/C14H10N4/c1-10-8-16-18(9-10)14-12(7-15)6-11-4-2-3-5-13(11)17-14/h2-6,8-9H,1H3. The van der Waals surface area contributed by atoms with Crippen molar-refractivity contribution in [2.24, 2.45) is 0 Å². The SMILES string of the molecule is Cc1cnn(-c2nc3ccccc3cc2C#N)c1. The summed E-state index contributed by atoms with van der Waals surface area (Å²) < 4.78 is 1.64. The van der Waals surface area contributed by atoms with E-state index in [9.17, 15) is 5.26 Å². The van der Waals surface area contributed by atoms with Gasteiger partial charge in [-0.1, -0.05) is 18.2 Å². The minimum atomic E-state index is 0.525. The van der Waals surface area contributed by atoms with E-state index in [2.05, 4.69) is 16.2 Å². The van der Waals surface area contributed by atoms with E-state index in [4.69, 9.17) is 0 Å². The van der Waals surface area contributed by atoms with Gasteiger partial charge in [-0.05, 0) is 24.6 Å². The monoisotopic (exact) mass is 234 g/mol. The molecule has 0 atom stereocenters. The predicted molar refractivity (Wildman–Crippen MR) is 68.3 cm³/mol. The summed E-state index contributed by atoms with van der Waals surface area (Å²) in [4.78, 5) is 4.51. The Balaban J connectivity index is 2.31. The van der Waals surface area contributed by atoms with Crippen molar-refractivity contribution < 1.29 is 0 Å². The van der Waals surface area contributed by atoms with E-state index in [1.165, 1.54) is 0 Å². The first-order valence-corrected chi connectivity index (χ1v) is 5.59. The molecule has 4 nitrogen and oxygen atoms in total. The highest BCUT2D eigenvalue weighted by Gasteiger charge is 2.09. The molecule has 0 fully saturated rings. The van der Waals surface area contributed by atoms with Crippen molar-refractivity contribution in [2.45, 2.75) is 6.92 Å². The number of nitrogens with zero attached hydrogens (tertiary/aromatic N) is 4. The second-order valence-electron chi connectivity index (χ2n) is 4.13. The van der Waals surface area contributed by atoms with Gasteiger partial charge in [0.2, 0.25) is 0 Å². The summed E-state index contributed by atoms with van der Waals surface area (Å²) in [5.41, 5.74) is 2.42. The predicted octanol–water partition coefficient (Wildman–Crippen LogP) is 2.60. The molecule has 2 aromatic heterocycles. The van der Waals surface area contributed by atoms with E-state index in [0.717, 1.165) is 16.5 Å². The molecule has 0 spiro atoms. The van der Waals surface area contributed by atoms with Crippen LogP contribution in [0, 0.1) is 18.3 Å². The molecular weight excluding hydrogens is 224 g/mol.